The van der Waals surface area contributed by atoms with Crippen LogP contribution in [0.5, 0.6) is 0 Å². The van der Waals surface area contributed by atoms with E-state index in [1.807, 2.05) is 18.2 Å². The lowest BCUT2D eigenvalue weighted by Gasteiger charge is -2.42. The molecule has 0 atom stereocenters. The number of nitrogens with one attached hydrogen (secondary N) is 2. The van der Waals surface area contributed by atoms with Crippen LogP contribution in [-0.4, -0.2) is 50.5 Å². The fraction of sp³-hybridized carbons (Fsp3) is 0.652. The largest absolute Gasteiger partial charge is 0.357 e. The molecule has 28 heavy (non-hydrogen) atoms. The molecule has 1 fully saturated rings. The Morgan fingerprint density at radius 1 is 1.25 bits per heavy atom. The summed E-state index contributed by atoms with van der Waals surface area (Å²) < 4.78 is 0. The molecule has 5 nitrogen and oxygen atoms in total. The molecule has 1 amide bonds. The van der Waals surface area contributed by atoms with Gasteiger partial charge in [0.15, 0.2) is 5.96 Å². The zero-order valence-electron chi connectivity index (χ0n) is 18.3. The van der Waals surface area contributed by atoms with Gasteiger partial charge in [-0.15, -0.1) is 0 Å². The molecule has 0 aromatic heterocycles. The van der Waals surface area contributed by atoms with Crippen molar-refractivity contribution < 1.29 is 4.79 Å². The highest BCUT2D eigenvalue weighted by Crippen LogP contribution is 2.46. The molecule has 5 heteroatoms. The number of rotatable bonds is 9. The summed E-state index contributed by atoms with van der Waals surface area (Å²) in [5.41, 5.74) is 2.31. The summed E-state index contributed by atoms with van der Waals surface area (Å²) in [6.07, 6.45) is 6.08. The van der Waals surface area contributed by atoms with Gasteiger partial charge in [0.1, 0.15) is 0 Å². The van der Waals surface area contributed by atoms with E-state index in [1.165, 1.54) is 25.7 Å². The lowest BCUT2D eigenvalue weighted by molar-refractivity contribution is 0.0827. The first kappa shape index (κ1) is 22.3. The minimum absolute atomic E-state index is 0.0423. The Morgan fingerprint density at radius 3 is 2.57 bits per heavy atom. The summed E-state index contributed by atoms with van der Waals surface area (Å²) in [7, 11) is 3.56. The van der Waals surface area contributed by atoms with Crippen molar-refractivity contribution in [3.8, 4) is 0 Å². The molecule has 2 N–H and O–H groups in total. The zero-order valence-corrected chi connectivity index (χ0v) is 18.3. The average molecular weight is 387 g/mol. The molecule has 0 spiro atoms. The van der Waals surface area contributed by atoms with E-state index in [9.17, 15) is 4.79 Å². The predicted octanol–water partition coefficient (Wildman–Crippen LogP) is 3.70. The van der Waals surface area contributed by atoms with Crippen LogP contribution in [0.3, 0.4) is 0 Å². The molecular weight excluding hydrogens is 348 g/mol. The average Bonchev–Trinajstić information content (AvgIpc) is 2.62. The van der Waals surface area contributed by atoms with E-state index in [0.29, 0.717) is 5.41 Å². The van der Waals surface area contributed by atoms with Crippen molar-refractivity contribution in [2.45, 2.75) is 52.9 Å². The van der Waals surface area contributed by atoms with E-state index in [4.69, 9.17) is 4.99 Å². The first-order chi connectivity index (χ1) is 13.3. The van der Waals surface area contributed by atoms with Crippen LogP contribution >= 0.6 is 0 Å². The van der Waals surface area contributed by atoms with Crippen molar-refractivity contribution in [2.75, 3.05) is 33.7 Å². The van der Waals surface area contributed by atoms with Crippen LogP contribution in [0, 0.1) is 11.3 Å². The van der Waals surface area contributed by atoms with Gasteiger partial charge in [-0.25, -0.2) is 0 Å². The number of hydrogen-bond acceptors (Lipinski definition) is 2. The highest BCUT2D eigenvalue weighted by Gasteiger charge is 2.37. The van der Waals surface area contributed by atoms with Gasteiger partial charge < -0.3 is 15.5 Å². The number of hydrogen-bond donors (Lipinski definition) is 2. The molecule has 0 aliphatic heterocycles. The monoisotopic (exact) mass is 386 g/mol. The maximum atomic E-state index is 12.1. The van der Waals surface area contributed by atoms with Gasteiger partial charge in [0.2, 0.25) is 0 Å². The van der Waals surface area contributed by atoms with E-state index < -0.39 is 0 Å². The van der Waals surface area contributed by atoms with Crippen molar-refractivity contribution in [2.24, 2.45) is 16.3 Å². The molecule has 0 bridgehead atoms. The van der Waals surface area contributed by atoms with Crippen LogP contribution in [-0.2, 0) is 6.42 Å². The third-order valence-electron chi connectivity index (χ3n) is 5.46. The predicted molar refractivity (Wildman–Crippen MR) is 118 cm³/mol. The van der Waals surface area contributed by atoms with E-state index in [-0.39, 0.29) is 5.91 Å². The van der Waals surface area contributed by atoms with Crippen LogP contribution in [0.25, 0.3) is 0 Å². The molecule has 0 heterocycles. The Labute approximate surface area is 171 Å². The van der Waals surface area contributed by atoms with E-state index in [1.54, 1.807) is 19.0 Å². The summed E-state index contributed by atoms with van der Waals surface area (Å²) in [6, 6.07) is 7.89. The first-order valence-corrected chi connectivity index (χ1v) is 10.7. The molecule has 1 aliphatic rings. The smallest absolute Gasteiger partial charge is 0.253 e. The first-order valence-electron chi connectivity index (χ1n) is 10.7. The normalized spacial score (nSPS) is 15.9. The third kappa shape index (κ3) is 6.54. The topological polar surface area (TPSA) is 56.7 Å². The van der Waals surface area contributed by atoms with Gasteiger partial charge in [-0.3, -0.25) is 9.79 Å². The summed E-state index contributed by atoms with van der Waals surface area (Å²) in [5.74, 6) is 1.67. The van der Waals surface area contributed by atoms with E-state index >= 15 is 0 Å². The van der Waals surface area contributed by atoms with Gasteiger partial charge in [-0.2, -0.15) is 0 Å². The fourth-order valence-corrected chi connectivity index (χ4v) is 4.00. The van der Waals surface area contributed by atoms with Crippen LogP contribution in [0.1, 0.15) is 62.4 Å². The molecule has 0 radical (unpaired) electrons. The number of aliphatic imine (C=N–C) groups is 1. The Morgan fingerprint density at radius 2 is 2.00 bits per heavy atom. The highest BCUT2D eigenvalue weighted by molar-refractivity contribution is 5.94. The molecule has 0 unspecified atom stereocenters. The molecule has 1 aromatic rings. The van der Waals surface area contributed by atoms with Gasteiger partial charge in [0.25, 0.3) is 5.91 Å². The summed E-state index contributed by atoms with van der Waals surface area (Å²) in [6.45, 7) is 9.28. The Kier molecular flexibility index (Phi) is 8.34. The maximum Gasteiger partial charge on any atom is 0.253 e. The van der Waals surface area contributed by atoms with Gasteiger partial charge in [-0.05, 0) is 61.6 Å². The van der Waals surface area contributed by atoms with Gasteiger partial charge in [-0.1, -0.05) is 32.4 Å². The number of benzene rings is 1. The Balaban J connectivity index is 1.91. The number of nitrogens with zero attached hydrogens (tertiary/aromatic N) is 2. The van der Waals surface area contributed by atoms with Gasteiger partial charge >= 0.3 is 0 Å². The fourth-order valence-electron chi connectivity index (χ4n) is 4.00. The highest BCUT2D eigenvalue weighted by atomic mass is 16.2. The Bertz CT molecular complexity index is 662. The molecule has 1 aliphatic carbocycles. The second-order valence-electron chi connectivity index (χ2n) is 8.72. The van der Waals surface area contributed by atoms with Crippen LogP contribution < -0.4 is 10.6 Å². The van der Waals surface area contributed by atoms with E-state index in [0.717, 1.165) is 49.1 Å². The van der Waals surface area contributed by atoms with Crippen molar-refractivity contribution in [1.29, 1.82) is 0 Å². The molecule has 2 rings (SSSR count). The molecule has 0 saturated heterocycles. The van der Waals surface area contributed by atoms with Gasteiger partial charge in [0.05, 0.1) is 0 Å². The van der Waals surface area contributed by atoms with Crippen LogP contribution in [0.2, 0.25) is 0 Å². The summed E-state index contributed by atoms with van der Waals surface area (Å²) in [5, 5.41) is 6.82. The van der Waals surface area contributed by atoms with Crippen molar-refractivity contribution in [3.63, 3.8) is 0 Å². The van der Waals surface area contributed by atoms with Crippen LogP contribution in [0.4, 0.5) is 0 Å². The molecule has 1 saturated carbocycles. The summed E-state index contributed by atoms with van der Waals surface area (Å²) >= 11 is 0. The molecule has 156 valence electrons. The van der Waals surface area contributed by atoms with Crippen molar-refractivity contribution in [3.05, 3.63) is 35.4 Å². The minimum Gasteiger partial charge on any atom is -0.357 e. The quantitative estimate of drug-likeness (QED) is 0.502. The van der Waals surface area contributed by atoms with Crippen molar-refractivity contribution in [1.82, 2.24) is 15.5 Å². The molecule has 1 aromatic carbocycles. The second-order valence-corrected chi connectivity index (χ2v) is 8.72. The lowest BCUT2D eigenvalue weighted by atomic mass is 9.64. The SMILES string of the molecule is CCNC(=NCC1(CC(C)C)CCC1)NCCc1cccc(C(=O)N(C)C)c1. The van der Waals surface area contributed by atoms with E-state index in [2.05, 4.69) is 37.5 Å². The number of carbonyl (C=O) groups excluding carboxylic acids is 1. The maximum absolute atomic E-state index is 12.1. The number of guanidine groups is 1. The minimum atomic E-state index is 0.0423. The second kappa shape index (κ2) is 10.5. The number of carbonyl (C=O) groups is 1. The molecular formula is C23H38N4O. The van der Waals surface area contributed by atoms with Crippen molar-refractivity contribution >= 4 is 11.9 Å². The third-order valence-corrected chi connectivity index (χ3v) is 5.46. The summed E-state index contributed by atoms with van der Waals surface area (Å²) in [4.78, 5) is 18.6. The number of amides is 1. The lowest BCUT2D eigenvalue weighted by Crippen LogP contribution is -2.41. The Hall–Kier alpha value is -2.04. The van der Waals surface area contributed by atoms with Crippen LogP contribution in [0.15, 0.2) is 29.3 Å². The zero-order chi connectivity index (χ0) is 20.6. The standard InChI is InChI=1S/C23H38N4O/c1-6-24-22(26-17-23(12-8-13-23)16-18(2)3)25-14-11-19-9-7-10-20(15-19)21(28)27(4)5/h7,9-10,15,18H,6,8,11-14,16-17H2,1-5H3,(H2,24,25,26). The van der Waals surface area contributed by atoms with Gasteiger partial charge in [0, 0.05) is 39.3 Å².